The second-order valence-corrected chi connectivity index (χ2v) is 12.2. The molecule has 0 saturated carbocycles. The van der Waals surface area contributed by atoms with E-state index >= 15 is 0 Å². The van der Waals surface area contributed by atoms with Crippen molar-refractivity contribution in [1.82, 2.24) is 14.5 Å². The Morgan fingerprint density at radius 3 is 2.13 bits per heavy atom. The maximum Gasteiger partial charge on any atom is 0.243 e. The molecule has 1 unspecified atom stereocenters. The van der Waals surface area contributed by atoms with Gasteiger partial charge >= 0.3 is 0 Å². The van der Waals surface area contributed by atoms with Crippen LogP contribution in [0.15, 0.2) is 72.8 Å². The molecule has 0 aliphatic rings. The van der Waals surface area contributed by atoms with E-state index in [4.69, 9.17) is 34.8 Å². The van der Waals surface area contributed by atoms with Crippen LogP contribution in [-0.2, 0) is 39.1 Å². The lowest BCUT2D eigenvalue weighted by Gasteiger charge is -2.32. The minimum absolute atomic E-state index is 0.0697. The zero-order valence-corrected chi connectivity index (χ0v) is 24.0. The van der Waals surface area contributed by atoms with Crippen molar-refractivity contribution in [2.24, 2.45) is 0 Å². The van der Waals surface area contributed by atoms with Gasteiger partial charge in [0, 0.05) is 41.6 Å². The van der Waals surface area contributed by atoms with Gasteiger partial charge in [-0.25, -0.2) is 8.42 Å². The molecule has 0 aliphatic carbocycles. The van der Waals surface area contributed by atoms with Crippen molar-refractivity contribution < 1.29 is 18.0 Å². The third-order valence-corrected chi connectivity index (χ3v) is 8.03. The van der Waals surface area contributed by atoms with Gasteiger partial charge in [0.05, 0.1) is 12.8 Å². The largest absolute Gasteiger partial charge is 0.350 e. The highest BCUT2D eigenvalue weighted by Crippen LogP contribution is 2.22. The zero-order valence-electron chi connectivity index (χ0n) is 20.9. The molecule has 202 valence electrons. The van der Waals surface area contributed by atoms with E-state index in [9.17, 15) is 18.0 Å². The molecule has 11 heteroatoms. The molecule has 0 radical (unpaired) electrons. The van der Waals surface area contributed by atoms with Crippen molar-refractivity contribution in [3.63, 3.8) is 0 Å². The lowest BCUT2D eigenvalue weighted by molar-refractivity contribution is -0.141. The van der Waals surface area contributed by atoms with Crippen LogP contribution in [0.1, 0.15) is 16.7 Å². The molecular formula is C27H28Cl3N3O4S. The molecule has 38 heavy (non-hydrogen) atoms. The minimum atomic E-state index is -3.63. The summed E-state index contributed by atoms with van der Waals surface area (Å²) in [6.07, 6.45) is 1.23. The van der Waals surface area contributed by atoms with Crippen LogP contribution < -0.4 is 5.32 Å². The fourth-order valence-corrected chi connectivity index (χ4v) is 4.65. The fourth-order valence-electron chi connectivity index (χ4n) is 3.70. The zero-order chi connectivity index (χ0) is 27.9. The molecule has 0 aromatic heterocycles. The highest BCUT2D eigenvalue weighted by molar-refractivity contribution is 7.88. The number of likely N-dealkylation sites (N-methyl/N-ethyl adjacent to an activating group) is 1. The van der Waals surface area contributed by atoms with E-state index in [1.807, 2.05) is 30.3 Å². The predicted octanol–water partition coefficient (Wildman–Crippen LogP) is 4.79. The molecule has 0 spiro atoms. The van der Waals surface area contributed by atoms with E-state index < -0.39 is 34.4 Å². The number of benzene rings is 3. The number of nitrogens with one attached hydrogen (secondary N) is 1. The Labute approximate surface area is 238 Å². The van der Waals surface area contributed by atoms with E-state index in [0.29, 0.717) is 20.6 Å². The molecule has 0 fully saturated rings. The number of amides is 2. The molecule has 7 nitrogen and oxygen atoms in total. The third kappa shape index (κ3) is 8.71. The first kappa shape index (κ1) is 29.9. The number of hydrogen-bond donors (Lipinski definition) is 1. The molecule has 0 aliphatic heterocycles. The Morgan fingerprint density at radius 1 is 0.895 bits per heavy atom. The molecule has 3 rings (SSSR count). The average Bonchev–Trinajstić information content (AvgIpc) is 2.86. The van der Waals surface area contributed by atoms with Gasteiger partial charge in [-0.2, -0.15) is 4.31 Å². The predicted molar refractivity (Wildman–Crippen MR) is 152 cm³/mol. The van der Waals surface area contributed by atoms with E-state index in [1.165, 1.54) is 11.9 Å². The average molecular weight is 597 g/mol. The number of nitrogens with zero attached hydrogens (tertiary/aromatic N) is 2. The van der Waals surface area contributed by atoms with Gasteiger partial charge in [0.2, 0.25) is 21.8 Å². The van der Waals surface area contributed by atoms with E-state index in [1.54, 1.807) is 42.5 Å². The van der Waals surface area contributed by atoms with Crippen molar-refractivity contribution in [2.75, 3.05) is 19.8 Å². The lowest BCUT2D eigenvalue weighted by atomic mass is 10.0. The second-order valence-electron chi connectivity index (χ2n) is 8.83. The van der Waals surface area contributed by atoms with Crippen LogP contribution in [0, 0.1) is 0 Å². The van der Waals surface area contributed by atoms with Crippen molar-refractivity contribution in [3.8, 4) is 0 Å². The van der Waals surface area contributed by atoms with Crippen LogP contribution in [0.4, 0.5) is 0 Å². The SMILES string of the molecule is CN(CC(=O)N(Cc1ccc(Cl)cc1)C(Cc1ccccc1)C(=O)NCc1ccc(Cl)cc1Cl)S(C)(=O)=O. The number of hydrogen-bond acceptors (Lipinski definition) is 4. The molecule has 3 aromatic rings. The van der Waals surface area contributed by atoms with Crippen molar-refractivity contribution >= 4 is 56.6 Å². The van der Waals surface area contributed by atoms with Crippen LogP contribution >= 0.6 is 34.8 Å². The normalized spacial score (nSPS) is 12.3. The molecular weight excluding hydrogens is 569 g/mol. The summed E-state index contributed by atoms with van der Waals surface area (Å²) >= 11 is 18.3. The summed E-state index contributed by atoms with van der Waals surface area (Å²) in [4.78, 5) is 28.6. The first-order chi connectivity index (χ1) is 17.9. The minimum Gasteiger partial charge on any atom is -0.350 e. The van der Waals surface area contributed by atoms with E-state index in [0.717, 1.165) is 21.7 Å². The Morgan fingerprint density at radius 2 is 1.53 bits per heavy atom. The van der Waals surface area contributed by atoms with Crippen LogP contribution in [0.5, 0.6) is 0 Å². The maximum absolute atomic E-state index is 13.6. The van der Waals surface area contributed by atoms with Gasteiger partial charge in [0.15, 0.2) is 0 Å². The van der Waals surface area contributed by atoms with Crippen molar-refractivity contribution in [3.05, 3.63) is 105 Å². The van der Waals surface area contributed by atoms with Crippen LogP contribution in [0.25, 0.3) is 0 Å². The molecule has 0 saturated heterocycles. The van der Waals surface area contributed by atoms with Crippen LogP contribution in [0.2, 0.25) is 15.1 Å². The van der Waals surface area contributed by atoms with Crippen molar-refractivity contribution in [1.29, 1.82) is 0 Å². The summed E-state index contributed by atoms with van der Waals surface area (Å²) < 4.78 is 25.0. The first-order valence-corrected chi connectivity index (χ1v) is 14.6. The van der Waals surface area contributed by atoms with E-state index in [-0.39, 0.29) is 19.5 Å². The summed E-state index contributed by atoms with van der Waals surface area (Å²) in [6, 6.07) is 20.2. The summed E-state index contributed by atoms with van der Waals surface area (Å²) in [7, 11) is -2.30. The summed E-state index contributed by atoms with van der Waals surface area (Å²) in [6.45, 7) is -0.236. The molecule has 1 N–H and O–H groups in total. The molecule has 2 amide bonds. The van der Waals surface area contributed by atoms with Crippen LogP contribution in [-0.4, -0.2) is 55.3 Å². The Balaban J connectivity index is 1.95. The lowest BCUT2D eigenvalue weighted by Crippen LogP contribution is -2.52. The standard InChI is InChI=1S/C27H28Cl3N3O4S/c1-32(38(2,36)37)18-26(34)33(17-20-8-11-22(28)12-9-20)25(14-19-6-4-3-5-7-19)27(35)31-16-21-10-13-23(29)15-24(21)30/h3-13,15,25H,14,16-18H2,1-2H3,(H,31,35). The van der Waals surface area contributed by atoms with Crippen LogP contribution in [0.3, 0.4) is 0 Å². The van der Waals surface area contributed by atoms with Gasteiger partial charge in [-0.3, -0.25) is 9.59 Å². The fraction of sp³-hybridized carbons (Fsp3) is 0.259. The van der Waals surface area contributed by atoms with Gasteiger partial charge in [0.25, 0.3) is 0 Å². The topological polar surface area (TPSA) is 86.8 Å². The summed E-state index contributed by atoms with van der Waals surface area (Å²) in [5, 5.41) is 4.29. The molecule has 0 bridgehead atoms. The summed E-state index contributed by atoms with van der Waals surface area (Å²) in [5.74, 6) is -0.933. The van der Waals surface area contributed by atoms with Gasteiger partial charge in [0.1, 0.15) is 6.04 Å². The maximum atomic E-state index is 13.6. The number of carbonyl (C=O) groups excluding carboxylic acids is 2. The highest BCUT2D eigenvalue weighted by atomic mass is 35.5. The Kier molecular flexibility index (Phi) is 10.6. The molecule has 3 aromatic carbocycles. The third-order valence-electron chi connectivity index (χ3n) is 5.93. The molecule has 0 heterocycles. The number of rotatable bonds is 11. The molecule has 1 atom stereocenters. The van der Waals surface area contributed by atoms with Crippen molar-refractivity contribution in [2.45, 2.75) is 25.6 Å². The number of halogens is 3. The quantitative estimate of drug-likeness (QED) is 0.345. The van der Waals surface area contributed by atoms with Gasteiger partial charge in [-0.1, -0.05) is 83.3 Å². The Hall–Kier alpha value is -2.62. The monoisotopic (exact) mass is 595 g/mol. The van der Waals surface area contributed by atoms with E-state index in [2.05, 4.69) is 5.32 Å². The van der Waals surface area contributed by atoms with Gasteiger partial charge < -0.3 is 10.2 Å². The first-order valence-electron chi connectivity index (χ1n) is 11.6. The number of sulfonamides is 1. The van der Waals surface area contributed by atoms with Gasteiger partial charge in [-0.15, -0.1) is 0 Å². The summed E-state index contributed by atoms with van der Waals surface area (Å²) in [5.41, 5.74) is 2.23. The number of carbonyl (C=O) groups is 2. The highest BCUT2D eigenvalue weighted by Gasteiger charge is 2.32. The smallest absolute Gasteiger partial charge is 0.243 e. The van der Waals surface area contributed by atoms with Gasteiger partial charge in [-0.05, 0) is 41.0 Å². The second kappa shape index (κ2) is 13.4. The Bertz CT molecular complexity index is 1370.